The Morgan fingerprint density at radius 1 is 0.0929 bits per heavy atom. The second-order valence-electron chi connectivity index (χ2n) is 35.0. The molecule has 140 heavy (non-hydrogen) atoms. The molecule has 0 N–H and O–H groups in total. The normalized spacial score (nSPS) is 11.3. The number of rotatable bonds is 15. The van der Waals surface area contributed by atoms with Gasteiger partial charge in [-0.15, -0.1) is 0 Å². The summed E-state index contributed by atoms with van der Waals surface area (Å²) in [4.78, 5) is 45.2. The van der Waals surface area contributed by atoms with Gasteiger partial charge in [0.15, 0.2) is 52.4 Å². The van der Waals surface area contributed by atoms with Crippen LogP contribution in [-0.2, 0) is 0 Å². The van der Waals surface area contributed by atoms with E-state index in [0.29, 0.717) is 52.4 Å². The summed E-state index contributed by atoms with van der Waals surface area (Å²) in [6.07, 6.45) is 0. The number of benzene rings is 23. The summed E-state index contributed by atoms with van der Waals surface area (Å²) in [6.45, 7) is 0. The zero-order valence-corrected chi connectivity index (χ0v) is 76.1. The van der Waals surface area contributed by atoms with E-state index in [1.807, 2.05) is 140 Å². The maximum atomic E-state index is 5.14. The van der Waals surface area contributed by atoms with Gasteiger partial charge in [0, 0.05) is 55.5 Å². The first-order valence-corrected chi connectivity index (χ1v) is 47.2. The molecule has 0 unspecified atom stereocenters. The van der Waals surface area contributed by atoms with E-state index in [1.165, 1.54) is 109 Å². The van der Waals surface area contributed by atoms with Crippen molar-refractivity contribution in [1.82, 2.24) is 44.9 Å². The van der Waals surface area contributed by atoms with Crippen molar-refractivity contribution in [1.29, 1.82) is 0 Å². The first kappa shape index (κ1) is 84.2. The fourth-order valence-electron chi connectivity index (χ4n) is 19.4. The highest BCUT2D eigenvalue weighted by atomic mass is 15.1. The Morgan fingerprint density at radius 3 is 0.893 bits per heavy atom. The van der Waals surface area contributed by atoms with Crippen molar-refractivity contribution in [3.8, 4) is 169 Å². The molecule has 3 heterocycles. The van der Waals surface area contributed by atoms with E-state index >= 15 is 0 Å². The van der Waals surface area contributed by atoms with Crippen LogP contribution < -0.4 is 0 Å². The van der Waals surface area contributed by atoms with Crippen LogP contribution in [0.15, 0.2) is 516 Å². The van der Waals surface area contributed by atoms with Crippen LogP contribution >= 0.6 is 0 Å². The van der Waals surface area contributed by atoms with Crippen LogP contribution in [0.5, 0.6) is 0 Å². The Balaban J connectivity index is 0.000000115. The molecular weight excluding hydrogens is 1700 g/mol. The van der Waals surface area contributed by atoms with Crippen molar-refractivity contribution in [3.05, 3.63) is 516 Å². The van der Waals surface area contributed by atoms with Gasteiger partial charge < -0.3 is 0 Å². The molecule has 0 spiro atoms. The third-order valence-corrected chi connectivity index (χ3v) is 26.4. The highest BCUT2D eigenvalue weighted by Gasteiger charge is 2.23. The third-order valence-electron chi connectivity index (χ3n) is 26.4. The molecule has 0 saturated heterocycles. The number of aromatic nitrogens is 9. The largest absolute Gasteiger partial charge is 0.208 e. The molecule has 0 atom stereocenters. The van der Waals surface area contributed by atoms with Gasteiger partial charge in [-0.2, -0.15) is 0 Å². The molecule has 654 valence electrons. The zero-order chi connectivity index (χ0) is 93.0. The minimum atomic E-state index is 0.635. The minimum absolute atomic E-state index is 0.635. The molecule has 0 bridgehead atoms. The summed E-state index contributed by atoms with van der Waals surface area (Å²) < 4.78 is 0. The van der Waals surface area contributed by atoms with Gasteiger partial charge in [0.2, 0.25) is 0 Å². The Hall–Kier alpha value is -18.8. The van der Waals surface area contributed by atoms with E-state index in [-0.39, 0.29) is 0 Å². The van der Waals surface area contributed by atoms with Gasteiger partial charge in [0.05, 0.1) is 0 Å². The molecule has 0 amide bonds. The maximum absolute atomic E-state index is 5.14. The zero-order valence-electron chi connectivity index (χ0n) is 76.1. The lowest BCUT2D eigenvalue weighted by Crippen LogP contribution is -2.00. The first-order chi connectivity index (χ1) is 69.4. The van der Waals surface area contributed by atoms with Crippen molar-refractivity contribution < 1.29 is 0 Å². The topological polar surface area (TPSA) is 116 Å². The van der Waals surface area contributed by atoms with Gasteiger partial charge in [-0.1, -0.05) is 479 Å². The molecule has 26 rings (SSSR count). The molecule has 0 aliphatic heterocycles. The number of fused-ring (bicyclic) bond motifs is 11. The fraction of sp³-hybridized carbons (Fsp3) is 0. The van der Waals surface area contributed by atoms with Crippen LogP contribution in [0, 0.1) is 0 Å². The van der Waals surface area contributed by atoms with E-state index in [4.69, 9.17) is 44.9 Å². The van der Waals surface area contributed by atoms with E-state index < -0.39 is 0 Å². The SMILES string of the molecule is c1ccc(-c2ccc(-c3ccc4ccc5cccc(-c6nc(-c7ccccc7)nc(-c7ccccc7)n6)c5c4c3)cc2)cc1.c1ccc(-c2ccc(-c3nc(-c4cccc(-c5ccccc5)c4)nc(-c4ccc5c(-c6cc7ccccc7c7ccccc67)cccc5c4)n3)cc2)cc1.c1ccc(-c2nc(-c3ccccc3)nc(-c3ccc(-c4ccc5c(ccc6ccccc65)c4)c4ccccc34)n2)cc1. The molecule has 9 heteroatoms. The average molecular weight is 1790 g/mol. The van der Waals surface area contributed by atoms with Gasteiger partial charge in [-0.05, 0) is 184 Å². The number of nitrogens with zero attached hydrogens (tertiary/aromatic N) is 9. The van der Waals surface area contributed by atoms with Gasteiger partial charge in [-0.3, -0.25) is 0 Å². The van der Waals surface area contributed by atoms with Crippen LogP contribution in [0.1, 0.15) is 0 Å². The van der Waals surface area contributed by atoms with E-state index in [9.17, 15) is 0 Å². The monoisotopic (exact) mass is 1780 g/mol. The summed E-state index contributed by atoms with van der Waals surface area (Å²) >= 11 is 0. The average Bonchev–Trinajstić information content (AvgIpc) is 0.756. The molecule has 0 fully saturated rings. The summed E-state index contributed by atoms with van der Waals surface area (Å²) in [5.74, 6) is 5.87. The lowest BCUT2D eigenvalue weighted by atomic mass is 9.90. The Kier molecular flexibility index (Phi) is 22.6. The van der Waals surface area contributed by atoms with E-state index in [1.54, 1.807) is 0 Å². The van der Waals surface area contributed by atoms with E-state index in [2.05, 4.69) is 376 Å². The summed E-state index contributed by atoms with van der Waals surface area (Å²) in [7, 11) is 0. The van der Waals surface area contributed by atoms with Crippen molar-refractivity contribution in [2.24, 2.45) is 0 Å². The van der Waals surface area contributed by atoms with Crippen molar-refractivity contribution in [2.45, 2.75) is 0 Å². The molecule has 0 saturated carbocycles. The predicted octanol–water partition coefficient (Wildman–Crippen LogP) is 33.8. The second kappa shape index (κ2) is 37.6. The molecule has 0 aliphatic carbocycles. The first-order valence-electron chi connectivity index (χ1n) is 47.2. The molecule has 0 radical (unpaired) electrons. The van der Waals surface area contributed by atoms with Gasteiger partial charge in [0.1, 0.15) is 0 Å². The van der Waals surface area contributed by atoms with Gasteiger partial charge in [-0.25, -0.2) is 44.9 Å². The minimum Gasteiger partial charge on any atom is -0.208 e. The summed E-state index contributed by atoms with van der Waals surface area (Å²) in [5, 5.41) is 19.3. The smallest absolute Gasteiger partial charge is 0.164 e. The Bertz CT molecular complexity index is 9020. The molecule has 3 aromatic heterocycles. The molecule has 26 aromatic rings. The maximum Gasteiger partial charge on any atom is 0.164 e. The third kappa shape index (κ3) is 17.0. The molecule has 9 nitrogen and oxygen atoms in total. The molecular formula is C131H85N9. The quantitative estimate of drug-likeness (QED) is 0.0925. The van der Waals surface area contributed by atoms with Gasteiger partial charge >= 0.3 is 0 Å². The van der Waals surface area contributed by atoms with Crippen LogP contribution in [0.2, 0.25) is 0 Å². The van der Waals surface area contributed by atoms with Crippen molar-refractivity contribution in [3.63, 3.8) is 0 Å². The van der Waals surface area contributed by atoms with Crippen LogP contribution in [0.25, 0.3) is 255 Å². The molecule has 23 aromatic carbocycles. The van der Waals surface area contributed by atoms with Crippen molar-refractivity contribution in [2.75, 3.05) is 0 Å². The fourth-order valence-corrected chi connectivity index (χ4v) is 19.4. The number of hydrogen-bond acceptors (Lipinski definition) is 9. The van der Waals surface area contributed by atoms with Gasteiger partial charge in [0.25, 0.3) is 0 Å². The standard InChI is InChI=1S/C51H33N3.C41H27N3.C39H25N3/c1-3-13-34(14-4-1)36-25-27-37(28-26-36)49-52-50(41-20-11-18-38(31-41)35-15-5-2-6-16-35)54-51(53-49)42-29-30-44-39(32-42)19-12-24-46(44)48-33-40-17-7-8-21-43(40)45-22-9-10-23-47(45)48;1-4-11-28(12-5-1)29-19-21-30(22-20-29)35-26-24-31-23-25-32-17-10-18-36(38(32)37(31)27-35)41-43-39(33-13-6-2-7-14-33)42-40(44-41)34-15-8-3-9-16-34;1-3-12-27(13-4-1)37-40-38(28-14-5-2-6-15-28)42-39(41-37)36-24-23-33(34-17-9-10-18-35(34)36)30-21-22-32-29(25-30)20-19-26-11-7-8-16-31(26)32/h1-33H;1-27H;1-25H. The summed E-state index contributed by atoms with van der Waals surface area (Å²) in [6, 6.07) is 181. The Morgan fingerprint density at radius 2 is 0.357 bits per heavy atom. The second-order valence-corrected chi connectivity index (χ2v) is 35.0. The Labute approximate surface area is 810 Å². The highest BCUT2D eigenvalue weighted by molar-refractivity contribution is 6.18. The van der Waals surface area contributed by atoms with Crippen LogP contribution in [-0.4, -0.2) is 44.9 Å². The highest BCUT2D eigenvalue weighted by Crippen LogP contribution is 2.44. The van der Waals surface area contributed by atoms with E-state index in [0.717, 1.165) is 93.7 Å². The summed E-state index contributed by atoms with van der Waals surface area (Å²) in [5.41, 5.74) is 22.8. The predicted molar refractivity (Wildman–Crippen MR) is 581 cm³/mol. The van der Waals surface area contributed by atoms with Crippen LogP contribution in [0.4, 0.5) is 0 Å². The lowest BCUT2D eigenvalue weighted by Gasteiger charge is -2.14. The molecule has 0 aliphatic rings. The van der Waals surface area contributed by atoms with Crippen molar-refractivity contribution >= 4 is 86.2 Å². The lowest BCUT2D eigenvalue weighted by molar-refractivity contribution is 1.07. The van der Waals surface area contributed by atoms with Crippen LogP contribution in [0.3, 0.4) is 0 Å². The number of hydrogen-bond donors (Lipinski definition) is 0.